The Balaban J connectivity index is 1.83. The van der Waals surface area contributed by atoms with E-state index in [4.69, 9.17) is 9.47 Å². The fourth-order valence-corrected chi connectivity index (χ4v) is 6.59. The van der Waals surface area contributed by atoms with E-state index in [-0.39, 0.29) is 24.5 Å². The Morgan fingerprint density at radius 2 is 1.33 bits per heavy atom. The topological polar surface area (TPSA) is 124 Å². The van der Waals surface area contributed by atoms with Crippen LogP contribution in [-0.4, -0.2) is 35.1 Å². The number of nitro benzene ring substituents is 1. The summed E-state index contributed by atoms with van der Waals surface area (Å²) in [6.45, 7) is 3.13. The molecule has 5 aromatic rings. The molecule has 0 bridgehead atoms. The van der Waals surface area contributed by atoms with E-state index in [1.165, 1.54) is 48.5 Å². The summed E-state index contributed by atoms with van der Waals surface area (Å²) in [6, 6.07) is 23.2. The van der Waals surface area contributed by atoms with E-state index in [0.717, 1.165) is 0 Å². The number of esters is 2. The molecule has 1 aromatic heterocycles. The number of para-hydroxylation sites is 1. The first-order valence-corrected chi connectivity index (χ1v) is 14.7. The van der Waals surface area contributed by atoms with Crippen LogP contribution in [0.5, 0.6) is 0 Å². The van der Waals surface area contributed by atoms with Crippen molar-refractivity contribution in [2.45, 2.75) is 30.8 Å². The predicted octanol–water partition coefficient (Wildman–Crippen LogP) is 6.35. The second-order valence-corrected chi connectivity index (χ2v) is 10.9. The third kappa shape index (κ3) is 4.62. The quantitative estimate of drug-likeness (QED) is 0.0891. The summed E-state index contributed by atoms with van der Waals surface area (Å²) in [7, 11) is 0. The van der Waals surface area contributed by atoms with Crippen molar-refractivity contribution in [3.8, 4) is 0 Å². The molecule has 9 nitrogen and oxygen atoms in total. The lowest BCUT2D eigenvalue weighted by molar-refractivity contribution is -0.384. The molecule has 234 valence electrons. The maximum atomic E-state index is 14.5. The van der Waals surface area contributed by atoms with Crippen LogP contribution in [0.15, 0.2) is 97.1 Å². The van der Waals surface area contributed by atoms with Gasteiger partial charge in [-0.25, -0.2) is 18.4 Å². The molecule has 11 heteroatoms. The third-order valence-electron chi connectivity index (χ3n) is 8.47. The SMILES string of the molecule is CCOC(=O)C1(C(=O)OCC)N[C@@H](c2ccc([N+](=O)[O-])cc2)C(c2ccc(F)cc2)(c2ccc(F)cc2)c2[nH]c3ccccc3c21. The highest BCUT2D eigenvalue weighted by Crippen LogP contribution is 2.57. The largest absolute Gasteiger partial charge is 0.464 e. The Morgan fingerprint density at radius 3 is 1.83 bits per heavy atom. The van der Waals surface area contributed by atoms with Gasteiger partial charge in [0.25, 0.3) is 5.69 Å². The number of H-pyrrole nitrogens is 1. The van der Waals surface area contributed by atoms with Gasteiger partial charge in [-0.2, -0.15) is 0 Å². The maximum Gasteiger partial charge on any atom is 0.342 e. The number of hydrogen-bond donors (Lipinski definition) is 2. The van der Waals surface area contributed by atoms with E-state index >= 15 is 0 Å². The summed E-state index contributed by atoms with van der Waals surface area (Å²) in [6.07, 6.45) is 0. The van der Waals surface area contributed by atoms with Crippen LogP contribution in [-0.2, 0) is 30.0 Å². The van der Waals surface area contributed by atoms with E-state index in [1.807, 2.05) is 0 Å². The lowest BCUT2D eigenvalue weighted by Gasteiger charge is -2.50. The van der Waals surface area contributed by atoms with Gasteiger partial charge >= 0.3 is 11.9 Å². The van der Waals surface area contributed by atoms with E-state index < -0.39 is 45.5 Å². The highest BCUT2D eigenvalue weighted by atomic mass is 19.1. The number of aromatic nitrogens is 1. The minimum absolute atomic E-state index is 0.0530. The number of carbonyl (C=O) groups excluding carboxylic acids is 2. The van der Waals surface area contributed by atoms with Gasteiger partial charge in [0.05, 0.1) is 29.6 Å². The van der Waals surface area contributed by atoms with Crippen LogP contribution in [0.3, 0.4) is 0 Å². The van der Waals surface area contributed by atoms with Crippen LogP contribution in [0.1, 0.15) is 47.8 Å². The number of non-ortho nitro benzene ring substituents is 1. The number of halogens is 2. The zero-order valence-corrected chi connectivity index (χ0v) is 24.9. The van der Waals surface area contributed by atoms with Gasteiger partial charge in [-0.05, 0) is 60.9 Å². The van der Waals surface area contributed by atoms with Crippen molar-refractivity contribution in [3.63, 3.8) is 0 Å². The molecule has 2 N–H and O–H groups in total. The van der Waals surface area contributed by atoms with Gasteiger partial charge in [0.1, 0.15) is 11.6 Å². The summed E-state index contributed by atoms with van der Waals surface area (Å²) in [5, 5.41) is 15.4. The first-order valence-electron chi connectivity index (χ1n) is 14.7. The minimum atomic E-state index is -2.23. The monoisotopic (exact) mass is 625 g/mol. The second kappa shape index (κ2) is 11.8. The molecule has 1 aliphatic rings. The fraction of sp³-hybridized carbons (Fsp3) is 0.200. The average molecular weight is 626 g/mol. The van der Waals surface area contributed by atoms with Crippen LogP contribution >= 0.6 is 0 Å². The highest BCUT2D eigenvalue weighted by Gasteiger charge is 2.64. The molecule has 0 fully saturated rings. The van der Waals surface area contributed by atoms with Crippen molar-refractivity contribution in [2.75, 3.05) is 13.2 Å². The number of benzene rings is 4. The molecule has 0 unspecified atom stereocenters. The Hall–Kier alpha value is -5.42. The smallest absolute Gasteiger partial charge is 0.342 e. The lowest BCUT2D eigenvalue weighted by atomic mass is 9.59. The number of hydrogen-bond acceptors (Lipinski definition) is 7. The first kappa shape index (κ1) is 30.6. The normalized spacial score (nSPS) is 16.4. The number of carbonyl (C=O) groups is 2. The molecule has 2 heterocycles. The number of nitro groups is 1. The molecule has 0 aliphatic carbocycles. The van der Waals surface area contributed by atoms with Crippen molar-refractivity contribution >= 4 is 28.5 Å². The van der Waals surface area contributed by atoms with Gasteiger partial charge in [-0.3, -0.25) is 15.4 Å². The van der Waals surface area contributed by atoms with Gasteiger partial charge < -0.3 is 14.5 Å². The Labute approximate surface area is 262 Å². The third-order valence-corrected chi connectivity index (χ3v) is 8.47. The number of nitrogens with zero attached hydrogens (tertiary/aromatic N) is 1. The van der Waals surface area contributed by atoms with Crippen LogP contribution < -0.4 is 5.32 Å². The molecular weight excluding hydrogens is 596 g/mol. The molecule has 0 saturated heterocycles. The van der Waals surface area contributed by atoms with Crippen molar-refractivity contribution < 1.29 is 32.8 Å². The molecule has 0 amide bonds. The van der Waals surface area contributed by atoms with Crippen LogP contribution in [0.4, 0.5) is 14.5 Å². The standard InChI is InChI=1S/C35H29F2N3O6/c1-3-45-32(41)35(33(42)46-4-2)29-27-7-5-6-8-28(27)38-31(29)34(22-11-15-24(36)16-12-22,23-13-17-25(37)18-14-23)30(39-35)21-9-19-26(20-10-21)40(43)44/h5-20,30,38-39H,3-4H2,1-2H3/t30-/m0/s1. The van der Waals surface area contributed by atoms with E-state index in [0.29, 0.717) is 33.3 Å². The van der Waals surface area contributed by atoms with Gasteiger partial charge in [0.15, 0.2) is 0 Å². The number of rotatable bonds is 8. The zero-order valence-electron chi connectivity index (χ0n) is 24.9. The van der Waals surface area contributed by atoms with Crippen molar-refractivity contribution in [3.05, 3.63) is 147 Å². The molecule has 6 rings (SSSR count). The second-order valence-electron chi connectivity index (χ2n) is 10.9. The fourth-order valence-electron chi connectivity index (χ4n) is 6.59. The molecule has 46 heavy (non-hydrogen) atoms. The van der Waals surface area contributed by atoms with Gasteiger partial charge in [-0.15, -0.1) is 0 Å². The summed E-state index contributed by atoms with van der Waals surface area (Å²) >= 11 is 0. The number of nitrogens with one attached hydrogen (secondary N) is 2. The number of aromatic amines is 1. The molecular formula is C35H29F2N3O6. The highest BCUT2D eigenvalue weighted by molar-refractivity contribution is 6.11. The van der Waals surface area contributed by atoms with E-state index in [1.54, 1.807) is 62.4 Å². The zero-order chi connectivity index (χ0) is 32.6. The van der Waals surface area contributed by atoms with E-state index in [2.05, 4.69) is 10.3 Å². The van der Waals surface area contributed by atoms with E-state index in [9.17, 15) is 28.5 Å². The van der Waals surface area contributed by atoms with Crippen molar-refractivity contribution in [1.82, 2.24) is 10.3 Å². The molecule has 0 saturated carbocycles. The molecule has 0 radical (unpaired) electrons. The van der Waals surface area contributed by atoms with Crippen LogP contribution in [0, 0.1) is 21.7 Å². The van der Waals surface area contributed by atoms with Crippen molar-refractivity contribution in [2.24, 2.45) is 0 Å². The van der Waals surface area contributed by atoms with Gasteiger partial charge in [0, 0.05) is 34.3 Å². The average Bonchev–Trinajstić information content (AvgIpc) is 3.46. The number of fused-ring (bicyclic) bond motifs is 3. The Bertz CT molecular complexity index is 1880. The van der Waals surface area contributed by atoms with Crippen molar-refractivity contribution in [1.29, 1.82) is 0 Å². The summed E-state index contributed by atoms with van der Waals surface area (Å²) in [5.74, 6) is -2.84. The molecule has 4 aromatic carbocycles. The maximum absolute atomic E-state index is 14.5. The van der Waals surface area contributed by atoms with Crippen LogP contribution in [0.2, 0.25) is 0 Å². The van der Waals surface area contributed by atoms with Crippen LogP contribution in [0.25, 0.3) is 10.9 Å². The molecule has 1 atom stereocenters. The lowest BCUT2D eigenvalue weighted by Crippen LogP contribution is -2.65. The predicted molar refractivity (Wildman–Crippen MR) is 165 cm³/mol. The Morgan fingerprint density at radius 1 is 0.804 bits per heavy atom. The summed E-state index contributed by atoms with van der Waals surface area (Å²) in [5.41, 5.74) is -1.17. The molecule has 0 spiro atoms. The van der Waals surface area contributed by atoms with Gasteiger partial charge in [-0.1, -0.05) is 54.6 Å². The first-order chi connectivity index (χ1) is 22.2. The summed E-state index contributed by atoms with van der Waals surface area (Å²) in [4.78, 5) is 43.0. The summed E-state index contributed by atoms with van der Waals surface area (Å²) < 4.78 is 40.1. The minimum Gasteiger partial charge on any atom is -0.464 e. The van der Waals surface area contributed by atoms with Gasteiger partial charge in [0.2, 0.25) is 5.54 Å². The molecule has 1 aliphatic heterocycles. The Kier molecular flexibility index (Phi) is 7.87. The number of ether oxygens (including phenoxy) is 2.